The van der Waals surface area contributed by atoms with E-state index in [-0.39, 0.29) is 11.9 Å². The third-order valence-electron chi connectivity index (χ3n) is 4.09. The number of hydrogen-bond donors (Lipinski definition) is 4. The van der Waals surface area contributed by atoms with Gasteiger partial charge in [-0.15, -0.1) is 11.3 Å². The largest absolute Gasteiger partial charge is 0.351 e. The topological polar surface area (TPSA) is 96.2 Å². The summed E-state index contributed by atoms with van der Waals surface area (Å²) < 4.78 is 0. The van der Waals surface area contributed by atoms with Crippen LogP contribution < -0.4 is 21.7 Å². The number of rotatable bonds is 5. The Kier molecular flexibility index (Phi) is 6.04. The van der Waals surface area contributed by atoms with Crippen LogP contribution in [0.3, 0.4) is 0 Å². The van der Waals surface area contributed by atoms with E-state index in [1.165, 1.54) is 11.3 Å². The van der Waals surface area contributed by atoms with E-state index in [1.54, 1.807) is 6.07 Å². The molecule has 0 spiro atoms. The normalized spacial score (nSPS) is 17.2. The Balaban J connectivity index is 1.78. The molecule has 1 aliphatic rings. The number of nitrogens with one attached hydrogen (secondary N) is 3. The molecule has 1 atom stereocenters. The molecule has 3 rings (SSSR count). The number of anilines is 1. The van der Waals surface area contributed by atoms with Gasteiger partial charge in [0.1, 0.15) is 4.88 Å². The molecule has 26 heavy (non-hydrogen) atoms. The summed E-state index contributed by atoms with van der Waals surface area (Å²) in [5.41, 5.74) is 6.75. The quantitative estimate of drug-likeness (QED) is 0.651. The zero-order valence-electron chi connectivity index (χ0n) is 14.3. The summed E-state index contributed by atoms with van der Waals surface area (Å²) in [6, 6.07) is 11.1. The molecule has 2 aromatic rings. The van der Waals surface area contributed by atoms with Gasteiger partial charge in [0.25, 0.3) is 5.91 Å². The van der Waals surface area contributed by atoms with Crippen molar-refractivity contribution in [3.63, 3.8) is 0 Å². The van der Waals surface area contributed by atoms with Crippen molar-refractivity contribution in [2.45, 2.75) is 18.9 Å². The van der Waals surface area contributed by atoms with Crippen LogP contribution in [0.4, 0.5) is 10.5 Å². The van der Waals surface area contributed by atoms with Gasteiger partial charge in [-0.1, -0.05) is 36.4 Å². The fraction of sp³-hybridized carbons (Fsp3) is 0.263. The molecule has 5 N–H and O–H groups in total. The Morgan fingerprint density at radius 3 is 2.73 bits per heavy atom. The molecule has 7 heteroatoms. The fourth-order valence-corrected chi connectivity index (χ4v) is 3.78. The molecular weight excluding hydrogens is 348 g/mol. The van der Waals surface area contributed by atoms with Crippen molar-refractivity contribution in [2.75, 3.05) is 18.4 Å². The summed E-state index contributed by atoms with van der Waals surface area (Å²) >= 11 is 1.33. The minimum Gasteiger partial charge on any atom is -0.351 e. The summed E-state index contributed by atoms with van der Waals surface area (Å²) in [7, 11) is 0. The highest BCUT2D eigenvalue weighted by Gasteiger charge is 2.21. The molecule has 1 saturated heterocycles. The smallest absolute Gasteiger partial charge is 0.316 e. The van der Waals surface area contributed by atoms with Gasteiger partial charge in [0.2, 0.25) is 0 Å². The number of nitrogens with two attached hydrogens (primary N) is 1. The highest BCUT2D eigenvalue weighted by molar-refractivity contribution is 7.15. The van der Waals surface area contributed by atoms with E-state index in [9.17, 15) is 9.59 Å². The molecule has 1 aromatic heterocycles. The van der Waals surface area contributed by atoms with Crippen LogP contribution in [0.25, 0.3) is 12.2 Å². The summed E-state index contributed by atoms with van der Waals surface area (Å²) in [6.07, 6.45) is 5.87. The Labute approximate surface area is 156 Å². The van der Waals surface area contributed by atoms with Crippen molar-refractivity contribution in [2.24, 2.45) is 5.73 Å². The van der Waals surface area contributed by atoms with E-state index >= 15 is 0 Å². The van der Waals surface area contributed by atoms with Crippen molar-refractivity contribution in [1.29, 1.82) is 0 Å². The van der Waals surface area contributed by atoms with Gasteiger partial charge in [0.15, 0.2) is 0 Å². The number of piperidine rings is 1. The predicted molar refractivity (Wildman–Crippen MR) is 106 cm³/mol. The third-order valence-corrected chi connectivity index (χ3v) is 5.19. The maximum absolute atomic E-state index is 12.7. The first-order valence-electron chi connectivity index (χ1n) is 8.57. The predicted octanol–water partition coefficient (Wildman–Crippen LogP) is 2.89. The van der Waals surface area contributed by atoms with Crippen LogP contribution in [0.15, 0.2) is 36.4 Å². The molecule has 0 radical (unpaired) electrons. The minimum atomic E-state index is -0.685. The molecule has 6 nitrogen and oxygen atoms in total. The van der Waals surface area contributed by atoms with Gasteiger partial charge >= 0.3 is 6.03 Å². The third kappa shape index (κ3) is 4.93. The molecule has 136 valence electrons. The molecule has 2 heterocycles. The summed E-state index contributed by atoms with van der Waals surface area (Å²) in [4.78, 5) is 25.3. The van der Waals surface area contributed by atoms with Crippen molar-refractivity contribution in [3.8, 4) is 0 Å². The lowest BCUT2D eigenvalue weighted by molar-refractivity contribution is 0.0935. The van der Waals surface area contributed by atoms with Gasteiger partial charge in [-0.2, -0.15) is 0 Å². The van der Waals surface area contributed by atoms with Crippen LogP contribution in [-0.4, -0.2) is 31.1 Å². The number of benzene rings is 1. The standard InChI is InChI=1S/C19H22N4O2S/c20-19(25)23-16-11-15(9-8-13-5-2-1-3-6-13)26-17(16)18(24)22-14-7-4-10-21-12-14/h1-3,5-6,8-9,11,14,21H,4,7,10,12H2,(H,22,24)(H3,20,23,25)/t14-/m0/s1. The average Bonchev–Trinajstić information content (AvgIpc) is 3.04. The SMILES string of the molecule is NC(=O)Nc1cc(C=Cc2ccccc2)sc1C(=O)N[C@H]1CCCNC1. The molecule has 1 fully saturated rings. The molecule has 0 unspecified atom stereocenters. The minimum absolute atomic E-state index is 0.100. The van der Waals surface area contributed by atoms with Gasteiger partial charge < -0.3 is 21.7 Å². The van der Waals surface area contributed by atoms with Crippen molar-refractivity contribution >= 4 is 41.1 Å². The van der Waals surface area contributed by atoms with Crippen LogP contribution in [0.5, 0.6) is 0 Å². The maximum atomic E-state index is 12.7. The molecule has 1 aliphatic heterocycles. The maximum Gasteiger partial charge on any atom is 0.316 e. The van der Waals surface area contributed by atoms with E-state index in [2.05, 4.69) is 16.0 Å². The highest BCUT2D eigenvalue weighted by atomic mass is 32.1. The van der Waals surface area contributed by atoms with Crippen LogP contribution in [0, 0.1) is 0 Å². The van der Waals surface area contributed by atoms with Crippen LogP contribution in [-0.2, 0) is 0 Å². The second-order valence-electron chi connectivity index (χ2n) is 6.14. The van der Waals surface area contributed by atoms with E-state index in [4.69, 9.17) is 5.73 Å². The zero-order valence-corrected chi connectivity index (χ0v) is 15.1. The lowest BCUT2D eigenvalue weighted by Gasteiger charge is -2.23. The van der Waals surface area contributed by atoms with Crippen molar-refractivity contribution < 1.29 is 9.59 Å². The highest BCUT2D eigenvalue weighted by Crippen LogP contribution is 2.29. The molecule has 0 aliphatic carbocycles. The Morgan fingerprint density at radius 1 is 1.23 bits per heavy atom. The number of primary amides is 1. The summed E-state index contributed by atoms with van der Waals surface area (Å²) in [6.45, 7) is 1.74. The Morgan fingerprint density at radius 2 is 2.04 bits per heavy atom. The van der Waals surface area contributed by atoms with Gasteiger partial charge in [0.05, 0.1) is 5.69 Å². The van der Waals surface area contributed by atoms with Gasteiger partial charge in [0, 0.05) is 17.5 Å². The molecule has 0 bridgehead atoms. The second kappa shape index (κ2) is 8.64. The van der Waals surface area contributed by atoms with Crippen LogP contribution >= 0.6 is 11.3 Å². The molecule has 3 amide bonds. The Bertz CT molecular complexity index is 795. The molecular formula is C19H22N4O2S. The fourth-order valence-electron chi connectivity index (χ4n) is 2.85. The monoisotopic (exact) mass is 370 g/mol. The lowest BCUT2D eigenvalue weighted by atomic mass is 10.1. The van der Waals surface area contributed by atoms with Crippen molar-refractivity contribution in [1.82, 2.24) is 10.6 Å². The van der Waals surface area contributed by atoms with Crippen LogP contribution in [0.2, 0.25) is 0 Å². The first-order valence-corrected chi connectivity index (χ1v) is 9.38. The van der Waals surface area contributed by atoms with Gasteiger partial charge in [-0.05, 0) is 37.1 Å². The van der Waals surface area contributed by atoms with E-state index in [0.717, 1.165) is 36.4 Å². The molecule has 0 saturated carbocycles. The first kappa shape index (κ1) is 18.2. The van der Waals surface area contributed by atoms with E-state index in [0.29, 0.717) is 10.6 Å². The summed E-state index contributed by atoms with van der Waals surface area (Å²) in [5, 5.41) is 8.85. The van der Waals surface area contributed by atoms with E-state index < -0.39 is 6.03 Å². The number of carbonyl (C=O) groups is 2. The number of carbonyl (C=O) groups excluding carboxylic acids is 2. The Hall–Kier alpha value is -2.64. The van der Waals surface area contributed by atoms with Crippen LogP contribution in [0.1, 0.15) is 33.0 Å². The summed E-state index contributed by atoms with van der Waals surface area (Å²) in [5.74, 6) is -0.188. The number of amides is 3. The van der Waals surface area contributed by atoms with Crippen molar-refractivity contribution in [3.05, 3.63) is 51.7 Å². The van der Waals surface area contributed by atoms with Gasteiger partial charge in [-0.25, -0.2) is 4.79 Å². The molecule has 1 aromatic carbocycles. The zero-order chi connectivity index (χ0) is 18.4. The first-order chi connectivity index (χ1) is 12.6. The average molecular weight is 370 g/mol. The lowest BCUT2D eigenvalue weighted by Crippen LogP contribution is -2.45. The number of hydrogen-bond acceptors (Lipinski definition) is 4. The number of thiophene rings is 1. The number of urea groups is 1. The van der Waals surface area contributed by atoms with Gasteiger partial charge in [-0.3, -0.25) is 4.79 Å². The second-order valence-corrected chi connectivity index (χ2v) is 7.23. The van der Waals surface area contributed by atoms with E-state index in [1.807, 2.05) is 42.5 Å².